The monoisotopic (exact) mass is 265 g/mol. The average Bonchev–Trinajstić information content (AvgIpc) is 2.29. The van der Waals surface area contributed by atoms with E-state index in [-0.39, 0.29) is 18.5 Å². The second kappa shape index (κ2) is 7.72. The van der Waals surface area contributed by atoms with Gasteiger partial charge in [0.15, 0.2) is 5.78 Å². The van der Waals surface area contributed by atoms with E-state index < -0.39 is 0 Å². The number of anilines is 1. The lowest BCUT2D eigenvalue weighted by molar-refractivity contribution is -0.117. The summed E-state index contributed by atoms with van der Waals surface area (Å²) in [7, 11) is 0. The van der Waals surface area contributed by atoms with Crippen molar-refractivity contribution in [2.45, 2.75) is 48.0 Å². The quantitative estimate of drug-likeness (QED) is 0.816. The Labute approximate surface area is 117 Å². The summed E-state index contributed by atoms with van der Waals surface area (Å²) in [6, 6.07) is 6.93. The van der Waals surface area contributed by atoms with Crippen molar-refractivity contribution in [1.29, 1.82) is 0 Å². The molecule has 3 nitrogen and oxygen atoms in total. The molecule has 0 aliphatic heterocycles. The highest BCUT2D eigenvalue weighted by molar-refractivity contribution is 5.95. The first-order valence-electron chi connectivity index (χ1n) is 6.69. The third-order valence-electron chi connectivity index (χ3n) is 2.27. The Morgan fingerprint density at radius 2 is 1.58 bits per heavy atom. The summed E-state index contributed by atoms with van der Waals surface area (Å²) >= 11 is 0. The molecule has 0 radical (unpaired) electrons. The number of rotatable bonds is 3. The molecule has 0 aromatic heterocycles. The lowest BCUT2D eigenvalue weighted by Gasteiger charge is -2.17. The molecule has 0 saturated heterocycles. The van der Waals surface area contributed by atoms with Crippen molar-refractivity contribution < 1.29 is 11.0 Å². The van der Waals surface area contributed by atoms with E-state index in [0.29, 0.717) is 12.0 Å². The number of hydrogen-bond donors (Lipinski definition) is 1. The van der Waals surface area contributed by atoms with Gasteiger partial charge in [0.05, 0.1) is 0 Å². The molecule has 1 aromatic carbocycles. The molecule has 19 heavy (non-hydrogen) atoms. The third kappa shape index (κ3) is 7.39. The van der Waals surface area contributed by atoms with Crippen molar-refractivity contribution in [2.24, 2.45) is 5.41 Å². The highest BCUT2D eigenvalue weighted by Gasteiger charge is 2.15. The Bertz CT molecular complexity index is 419. The Morgan fingerprint density at radius 1 is 1.11 bits per heavy atom. The highest BCUT2D eigenvalue weighted by Crippen LogP contribution is 2.19. The number of amides is 1. The van der Waals surface area contributed by atoms with Crippen molar-refractivity contribution in [1.82, 2.24) is 0 Å². The minimum atomic E-state index is -0.0244. The van der Waals surface area contributed by atoms with Gasteiger partial charge in [-0.15, -0.1) is 0 Å². The van der Waals surface area contributed by atoms with Crippen LogP contribution in [0.2, 0.25) is 0 Å². The molecular weight excluding hydrogens is 238 g/mol. The maximum Gasteiger partial charge on any atom is 0.224 e. The SMILES string of the molecule is CC.CC(=O)c1ccc(NC(=O)CC(C)(C)C)cc1.[HH]. The van der Waals surface area contributed by atoms with Crippen molar-refractivity contribution in [3.05, 3.63) is 29.8 Å². The van der Waals surface area contributed by atoms with Crippen LogP contribution in [0.25, 0.3) is 0 Å². The molecular formula is C16H27NO2. The summed E-state index contributed by atoms with van der Waals surface area (Å²) in [5.41, 5.74) is 1.35. The van der Waals surface area contributed by atoms with E-state index in [9.17, 15) is 9.59 Å². The van der Waals surface area contributed by atoms with Gasteiger partial charge in [0.1, 0.15) is 0 Å². The maximum atomic E-state index is 11.7. The van der Waals surface area contributed by atoms with Gasteiger partial charge in [0, 0.05) is 19.1 Å². The average molecular weight is 265 g/mol. The van der Waals surface area contributed by atoms with Crippen molar-refractivity contribution >= 4 is 17.4 Å². The molecule has 3 heteroatoms. The fourth-order valence-electron chi connectivity index (χ4n) is 1.48. The summed E-state index contributed by atoms with van der Waals surface area (Å²) in [6.45, 7) is 11.6. The van der Waals surface area contributed by atoms with Gasteiger partial charge in [-0.25, -0.2) is 0 Å². The summed E-state index contributed by atoms with van der Waals surface area (Å²) in [6.07, 6.45) is 0.474. The van der Waals surface area contributed by atoms with Gasteiger partial charge >= 0.3 is 0 Å². The summed E-state index contributed by atoms with van der Waals surface area (Å²) in [5, 5.41) is 2.81. The van der Waals surface area contributed by atoms with Gasteiger partial charge in [-0.05, 0) is 36.6 Å². The van der Waals surface area contributed by atoms with Crippen LogP contribution in [0, 0.1) is 5.41 Å². The number of carbonyl (C=O) groups excluding carboxylic acids is 2. The summed E-state index contributed by atoms with van der Waals surface area (Å²) < 4.78 is 0. The first kappa shape index (κ1) is 17.4. The third-order valence-corrected chi connectivity index (χ3v) is 2.27. The van der Waals surface area contributed by atoms with Gasteiger partial charge in [-0.1, -0.05) is 34.6 Å². The van der Waals surface area contributed by atoms with Gasteiger partial charge in [0.2, 0.25) is 5.91 Å². The maximum absolute atomic E-state index is 11.7. The minimum absolute atomic E-state index is 0. The Morgan fingerprint density at radius 3 is 1.95 bits per heavy atom. The van der Waals surface area contributed by atoms with Crippen LogP contribution in [-0.2, 0) is 4.79 Å². The van der Waals surface area contributed by atoms with Gasteiger partial charge in [-0.2, -0.15) is 0 Å². The molecule has 0 bridgehead atoms. The number of nitrogens with one attached hydrogen (secondary N) is 1. The van der Waals surface area contributed by atoms with E-state index in [1.807, 2.05) is 34.6 Å². The number of carbonyl (C=O) groups is 2. The second-order valence-corrected chi connectivity index (χ2v) is 5.42. The number of hydrogen-bond acceptors (Lipinski definition) is 2. The van der Waals surface area contributed by atoms with Crippen LogP contribution in [-0.4, -0.2) is 11.7 Å². The highest BCUT2D eigenvalue weighted by atomic mass is 16.1. The minimum Gasteiger partial charge on any atom is -0.326 e. The molecule has 0 aliphatic rings. The van der Waals surface area contributed by atoms with Crippen molar-refractivity contribution in [3.63, 3.8) is 0 Å². The van der Waals surface area contributed by atoms with E-state index in [4.69, 9.17) is 0 Å². The Hall–Kier alpha value is -1.64. The molecule has 1 rings (SSSR count). The number of benzene rings is 1. The van der Waals surface area contributed by atoms with E-state index in [1.54, 1.807) is 24.3 Å². The van der Waals surface area contributed by atoms with Crippen LogP contribution in [0.3, 0.4) is 0 Å². The molecule has 0 heterocycles. The zero-order chi connectivity index (χ0) is 15.1. The smallest absolute Gasteiger partial charge is 0.224 e. The van der Waals surface area contributed by atoms with Crippen LogP contribution in [0.5, 0.6) is 0 Å². The van der Waals surface area contributed by atoms with E-state index in [1.165, 1.54) is 6.92 Å². The van der Waals surface area contributed by atoms with Crippen LogP contribution in [0.4, 0.5) is 5.69 Å². The van der Waals surface area contributed by atoms with Crippen LogP contribution in [0.15, 0.2) is 24.3 Å². The fraction of sp³-hybridized carbons (Fsp3) is 0.500. The molecule has 1 N–H and O–H groups in total. The van der Waals surface area contributed by atoms with Crippen molar-refractivity contribution in [3.8, 4) is 0 Å². The molecule has 0 atom stereocenters. The van der Waals surface area contributed by atoms with Crippen LogP contribution < -0.4 is 5.32 Å². The number of ketones is 1. The Balaban J connectivity index is 0. The first-order chi connectivity index (χ1) is 8.78. The second-order valence-electron chi connectivity index (χ2n) is 5.42. The summed E-state index contributed by atoms with van der Waals surface area (Å²) in [5.74, 6) is 0.0191. The van der Waals surface area contributed by atoms with E-state index >= 15 is 0 Å². The number of Topliss-reactive ketones (excluding diaryl/α,β-unsaturated/α-hetero) is 1. The predicted octanol–water partition coefficient (Wildman–Crippen LogP) is 4.54. The molecule has 0 unspecified atom stereocenters. The lowest BCUT2D eigenvalue weighted by atomic mass is 9.92. The van der Waals surface area contributed by atoms with Gasteiger partial charge in [0.25, 0.3) is 0 Å². The Kier molecular flexibility index (Phi) is 7.05. The van der Waals surface area contributed by atoms with Gasteiger partial charge in [-0.3, -0.25) is 9.59 Å². The predicted molar refractivity (Wildman–Crippen MR) is 82.6 cm³/mol. The molecule has 0 saturated carbocycles. The lowest BCUT2D eigenvalue weighted by Crippen LogP contribution is -2.19. The van der Waals surface area contributed by atoms with Gasteiger partial charge < -0.3 is 5.32 Å². The van der Waals surface area contributed by atoms with E-state index in [0.717, 1.165) is 5.69 Å². The normalized spacial score (nSPS) is 10.2. The van der Waals surface area contributed by atoms with Crippen molar-refractivity contribution in [2.75, 3.05) is 5.32 Å². The summed E-state index contributed by atoms with van der Waals surface area (Å²) in [4.78, 5) is 22.7. The first-order valence-corrected chi connectivity index (χ1v) is 6.69. The van der Waals surface area contributed by atoms with E-state index in [2.05, 4.69) is 5.32 Å². The molecule has 0 spiro atoms. The fourth-order valence-corrected chi connectivity index (χ4v) is 1.48. The molecule has 108 valence electrons. The van der Waals surface area contributed by atoms with Crippen LogP contribution in [0.1, 0.15) is 59.7 Å². The zero-order valence-electron chi connectivity index (χ0n) is 12.8. The molecule has 0 aliphatic carbocycles. The molecule has 1 aromatic rings. The largest absolute Gasteiger partial charge is 0.326 e. The van der Waals surface area contributed by atoms with Crippen LogP contribution >= 0.6 is 0 Å². The topological polar surface area (TPSA) is 46.2 Å². The molecule has 1 amide bonds. The zero-order valence-corrected chi connectivity index (χ0v) is 12.8. The standard InChI is InChI=1S/C14H19NO2.C2H6.H2/c1-10(16)11-5-7-12(8-6-11)15-13(17)9-14(2,3)4;1-2;/h5-8H,9H2,1-4H3,(H,15,17);1-2H3;1H. The molecule has 0 fully saturated rings.